The third kappa shape index (κ3) is 2.90. The molecule has 1 unspecified atom stereocenters. The van der Waals surface area contributed by atoms with Gasteiger partial charge in [0.05, 0.1) is 10.9 Å². The number of hydrogen-bond donors (Lipinski definition) is 2. The molecule has 0 saturated heterocycles. The lowest BCUT2D eigenvalue weighted by Crippen LogP contribution is -2.28. The van der Waals surface area contributed by atoms with E-state index in [9.17, 15) is 13.5 Å². The molecule has 4 aromatic rings. The van der Waals surface area contributed by atoms with E-state index in [1.807, 2.05) is 36.4 Å². The van der Waals surface area contributed by atoms with Gasteiger partial charge in [-0.3, -0.25) is 0 Å². The number of aromatic hydroxyl groups is 1. The van der Waals surface area contributed by atoms with Gasteiger partial charge in [-0.15, -0.1) is 0 Å². The number of fused-ring (bicyclic) bond motifs is 4. The first-order valence-electron chi connectivity index (χ1n) is 9.07. The molecular formula is C23H16ClNO3S. The average molecular weight is 422 g/mol. The molecule has 1 atom stereocenters. The molecule has 0 aromatic heterocycles. The van der Waals surface area contributed by atoms with Crippen molar-refractivity contribution >= 4 is 32.4 Å². The van der Waals surface area contributed by atoms with E-state index in [1.54, 1.807) is 42.5 Å². The lowest BCUT2D eigenvalue weighted by molar-refractivity contribution is 0.469. The normalized spacial score (nSPS) is 17.3. The Morgan fingerprint density at radius 3 is 2.41 bits per heavy atom. The largest absolute Gasteiger partial charge is 0.507 e. The van der Waals surface area contributed by atoms with Crippen LogP contribution in [0.4, 0.5) is 0 Å². The zero-order valence-corrected chi connectivity index (χ0v) is 16.7. The Kier molecular flexibility index (Phi) is 4.13. The summed E-state index contributed by atoms with van der Waals surface area (Å²) in [7, 11) is -3.83. The molecule has 4 aromatic carbocycles. The number of rotatable bonds is 1. The molecule has 1 heterocycles. The second kappa shape index (κ2) is 6.59. The van der Waals surface area contributed by atoms with Crippen LogP contribution in [0.2, 0.25) is 5.02 Å². The van der Waals surface area contributed by atoms with Crippen LogP contribution in [0, 0.1) is 0 Å². The van der Waals surface area contributed by atoms with Gasteiger partial charge in [-0.2, -0.15) is 4.72 Å². The predicted octanol–water partition coefficient (Wildman–Crippen LogP) is 5.25. The van der Waals surface area contributed by atoms with Crippen LogP contribution in [0.5, 0.6) is 5.75 Å². The summed E-state index contributed by atoms with van der Waals surface area (Å²) in [5, 5.41) is 13.1. The molecule has 2 N–H and O–H groups in total. The number of phenolic OH excluding ortho intramolecular Hbond substituents is 1. The highest BCUT2D eigenvalue weighted by Crippen LogP contribution is 2.43. The Hall–Kier alpha value is -2.86. The standard InChI is InChI=1S/C23H16ClNO3S/c24-15-10-12-18-20(13-15)17-7-3-4-8-21(17)29(27,28)25-22(18)19-11-9-14-5-1-2-6-16(14)23(19)26/h1-13,22,25-26H. The van der Waals surface area contributed by atoms with E-state index >= 15 is 0 Å². The van der Waals surface area contributed by atoms with Crippen molar-refractivity contribution in [2.75, 3.05) is 0 Å². The third-order valence-electron chi connectivity index (χ3n) is 5.31. The SMILES string of the molecule is O=S1(=O)NC(c2ccc3ccccc3c2O)c2ccc(Cl)cc2-c2ccccc21. The van der Waals surface area contributed by atoms with Crippen molar-refractivity contribution in [1.29, 1.82) is 0 Å². The van der Waals surface area contributed by atoms with Gasteiger partial charge >= 0.3 is 0 Å². The summed E-state index contributed by atoms with van der Waals surface area (Å²) < 4.78 is 29.1. The second-order valence-electron chi connectivity index (χ2n) is 7.01. The molecule has 4 nitrogen and oxygen atoms in total. The Bertz CT molecular complexity index is 1380. The minimum atomic E-state index is -3.83. The lowest BCUT2D eigenvalue weighted by Gasteiger charge is -2.21. The molecule has 29 heavy (non-hydrogen) atoms. The van der Waals surface area contributed by atoms with Gasteiger partial charge in [0.25, 0.3) is 0 Å². The van der Waals surface area contributed by atoms with Gasteiger partial charge in [0, 0.05) is 21.5 Å². The fourth-order valence-electron chi connectivity index (χ4n) is 3.96. The van der Waals surface area contributed by atoms with E-state index in [0.29, 0.717) is 21.5 Å². The highest BCUT2D eigenvalue weighted by atomic mass is 35.5. The van der Waals surface area contributed by atoms with Crippen molar-refractivity contribution in [2.24, 2.45) is 0 Å². The lowest BCUT2D eigenvalue weighted by atomic mass is 9.90. The van der Waals surface area contributed by atoms with Crippen molar-refractivity contribution < 1.29 is 13.5 Å². The Morgan fingerprint density at radius 2 is 1.55 bits per heavy atom. The minimum absolute atomic E-state index is 0.0580. The Morgan fingerprint density at radius 1 is 0.828 bits per heavy atom. The van der Waals surface area contributed by atoms with E-state index in [2.05, 4.69) is 4.72 Å². The van der Waals surface area contributed by atoms with Gasteiger partial charge in [0.1, 0.15) is 5.75 Å². The van der Waals surface area contributed by atoms with Crippen LogP contribution in [0.15, 0.2) is 83.8 Å². The van der Waals surface area contributed by atoms with Gasteiger partial charge in [0.2, 0.25) is 10.0 Å². The van der Waals surface area contributed by atoms with Gasteiger partial charge in [0.15, 0.2) is 0 Å². The molecule has 0 fully saturated rings. The topological polar surface area (TPSA) is 66.4 Å². The van der Waals surface area contributed by atoms with Crippen LogP contribution in [0.1, 0.15) is 17.2 Å². The molecular weight excluding hydrogens is 406 g/mol. The Balaban J connectivity index is 1.83. The fraction of sp³-hybridized carbons (Fsp3) is 0.0435. The van der Waals surface area contributed by atoms with Crippen molar-refractivity contribution in [3.05, 3.63) is 95.0 Å². The summed E-state index contributed by atoms with van der Waals surface area (Å²) in [6.45, 7) is 0. The average Bonchev–Trinajstić information content (AvgIpc) is 2.82. The molecule has 1 aliphatic rings. The van der Waals surface area contributed by atoms with Crippen molar-refractivity contribution in [2.45, 2.75) is 10.9 Å². The van der Waals surface area contributed by atoms with Crippen LogP contribution in [0.3, 0.4) is 0 Å². The van der Waals surface area contributed by atoms with Crippen molar-refractivity contribution in [1.82, 2.24) is 4.72 Å². The van der Waals surface area contributed by atoms with Crippen LogP contribution in [-0.4, -0.2) is 13.5 Å². The number of benzene rings is 4. The first-order valence-corrected chi connectivity index (χ1v) is 10.9. The molecule has 0 radical (unpaired) electrons. The summed E-state index contributed by atoms with van der Waals surface area (Å²) in [6.07, 6.45) is 0. The number of hydrogen-bond acceptors (Lipinski definition) is 3. The summed E-state index contributed by atoms with van der Waals surface area (Å²) in [5.41, 5.74) is 2.52. The summed E-state index contributed by atoms with van der Waals surface area (Å²) >= 11 is 6.25. The molecule has 1 aliphatic heterocycles. The highest BCUT2D eigenvalue weighted by Gasteiger charge is 2.33. The van der Waals surface area contributed by atoms with Crippen LogP contribution in [0.25, 0.3) is 21.9 Å². The van der Waals surface area contributed by atoms with Crippen molar-refractivity contribution in [3.8, 4) is 16.9 Å². The van der Waals surface area contributed by atoms with Crippen molar-refractivity contribution in [3.63, 3.8) is 0 Å². The van der Waals surface area contributed by atoms with Crippen LogP contribution in [-0.2, 0) is 10.0 Å². The van der Waals surface area contributed by atoms with E-state index in [-0.39, 0.29) is 10.6 Å². The smallest absolute Gasteiger partial charge is 0.242 e. The number of halogens is 1. The van der Waals surface area contributed by atoms with E-state index in [4.69, 9.17) is 11.6 Å². The zero-order valence-electron chi connectivity index (χ0n) is 15.1. The molecule has 5 rings (SSSR count). The maximum Gasteiger partial charge on any atom is 0.242 e. The van der Waals surface area contributed by atoms with E-state index in [1.165, 1.54) is 0 Å². The molecule has 0 aliphatic carbocycles. The summed E-state index contributed by atoms with van der Waals surface area (Å²) in [6, 6.07) is 22.5. The zero-order chi connectivity index (χ0) is 20.2. The second-order valence-corrected chi connectivity index (χ2v) is 9.13. The van der Waals surface area contributed by atoms with Gasteiger partial charge < -0.3 is 5.11 Å². The molecule has 6 heteroatoms. The number of phenols is 1. The molecule has 144 valence electrons. The monoisotopic (exact) mass is 421 g/mol. The van der Waals surface area contributed by atoms with E-state index < -0.39 is 16.1 Å². The third-order valence-corrected chi connectivity index (χ3v) is 7.03. The minimum Gasteiger partial charge on any atom is -0.507 e. The van der Waals surface area contributed by atoms with Crippen LogP contribution >= 0.6 is 11.6 Å². The predicted molar refractivity (Wildman–Crippen MR) is 115 cm³/mol. The summed E-state index contributed by atoms with van der Waals surface area (Å²) in [4.78, 5) is 0.186. The molecule has 0 amide bonds. The molecule has 0 spiro atoms. The maximum absolute atomic E-state index is 13.2. The highest BCUT2D eigenvalue weighted by molar-refractivity contribution is 7.89. The molecule has 0 saturated carbocycles. The van der Waals surface area contributed by atoms with Gasteiger partial charge in [-0.25, -0.2) is 8.42 Å². The number of sulfonamides is 1. The van der Waals surface area contributed by atoms with E-state index in [0.717, 1.165) is 16.5 Å². The maximum atomic E-state index is 13.2. The first-order chi connectivity index (χ1) is 14.0. The van der Waals surface area contributed by atoms with Gasteiger partial charge in [-0.1, -0.05) is 72.3 Å². The Labute approximate surface area is 173 Å². The quantitative estimate of drug-likeness (QED) is 0.441. The first kappa shape index (κ1) is 18.2. The van der Waals surface area contributed by atoms with Crippen LogP contribution < -0.4 is 4.72 Å². The fourth-order valence-corrected chi connectivity index (χ4v) is 5.54. The molecule has 0 bridgehead atoms. The van der Waals surface area contributed by atoms with Gasteiger partial charge in [-0.05, 0) is 34.7 Å². The summed E-state index contributed by atoms with van der Waals surface area (Å²) in [5.74, 6) is 0.0580. The number of nitrogens with one attached hydrogen (secondary N) is 1.